The number of carbonyl (C=O) groups excluding carboxylic acids is 2. The Hall–Kier alpha value is -2.10. The number of amides is 1. The Morgan fingerprint density at radius 1 is 1.32 bits per heavy atom. The predicted molar refractivity (Wildman–Crippen MR) is 73.8 cm³/mol. The van der Waals surface area contributed by atoms with Crippen LogP contribution < -0.4 is 5.32 Å². The van der Waals surface area contributed by atoms with Crippen LogP contribution in [0.1, 0.15) is 30.6 Å². The highest BCUT2D eigenvalue weighted by molar-refractivity contribution is 5.94. The predicted octanol–water partition coefficient (Wildman–Crippen LogP) is 2.31. The molecule has 1 aromatic carbocycles. The maximum absolute atomic E-state index is 11.8. The van der Waals surface area contributed by atoms with Gasteiger partial charge in [-0.15, -0.1) is 0 Å². The molecule has 19 heavy (non-hydrogen) atoms. The number of carbonyl (C=O) groups is 2. The zero-order chi connectivity index (χ0) is 14.1. The summed E-state index contributed by atoms with van der Waals surface area (Å²) >= 11 is 0. The molecule has 1 aromatic rings. The van der Waals surface area contributed by atoms with Crippen LogP contribution in [0, 0.1) is 0 Å². The van der Waals surface area contributed by atoms with Gasteiger partial charge in [0.1, 0.15) is 0 Å². The Bertz CT molecular complexity index is 440. The fraction of sp³-hybridized carbons (Fsp3) is 0.333. The molecule has 0 spiro atoms. The first-order valence-corrected chi connectivity index (χ1v) is 6.31. The van der Waals surface area contributed by atoms with Gasteiger partial charge in [0, 0.05) is 11.6 Å². The highest BCUT2D eigenvalue weighted by atomic mass is 16.5. The molecule has 1 rings (SSSR count). The summed E-state index contributed by atoms with van der Waals surface area (Å²) in [6, 6.07) is 8.86. The van der Waals surface area contributed by atoms with E-state index in [1.807, 2.05) is 25.1 Å². The average molecular weight is 261 g/mol. The van der Waals surface area contributed by atoms with E-state index in [1.165, 1.54) is 0 Å². The number of esters is 1. The van der Waals surface area contributed by atoms with Crippen molar-refractivity contribution in [1.82, 2.24) is 5.32 Å². The Balaban J connectivity index is 2.39. The van der Waals surface area contributed by atoms with Crippen molar-refractivity contribution in [2.45, 2.75) is 26.3 Å². The molecular formula is C15H19NO3. The van der Waals surface area contributed by atoms with Crippen LogP contribution in [0.2, 0.25) is 0 Å². The molecule has 0 radical (unpaired) electrons. The van der Waals surface area contributed by atoms with Crippen LogP contribution in [0.4, 0.5) is 0 Å². The van der Waals surface area contributed by atoms with Gasteiger partial charge in [0.25, 0.3) is 5.91 Å². The summed E-state index contributed by atoms with van der Waals surface area (Å²) in [6.07, 6.45) is 3.70. The zero-order valence-electron chi connectivity index (χ0n) is 11.3. The van der Waals surface area contributed by atoms with Crippen molar-refractivity contribution in [1.29, 1.82) is 0 Å². The topological polar surface area (TPSA) is 55.4 Å². The molecule has 0 aromatic heterocycles. The van der Waals surface area contributed by atoms with Crippen LogP contribution >= 0.6 is 0 Å². The molecule has 1 N–H and O–H groups in total. The number of benzene rings is 1. The summed E-state index contributed by atoms with van der Waals surface area (Å²) in [4.78, 5) is 22.9. The SMILES string of the molecule is CCOC(=O)C/C=C/[C@@H](C)NC(=O)c1ccccc1. The number of nitrogens with one attached hydrogen (secondary N) is 1. The smallest absolute Gasteiger partial charge is 0.309 e. The molecular weight excluding hydrogens is 242 g/mol. The van der Waals surface area contributed by atoms with E-state index in [4.69, 9.17) is 4.74 Å². The summed E-state index contributed by atoms with van der Waals surface area (Å²) in [7, 11) is 0. The second kappa shape index (κ2) is 8.08. The van der Waals surface area contributed by atoms with Gasteiger partial charge in [0.15, 0.2) is 0 Å². The molecule has 4 nitrogen and oxygen atoms in total. The molecule has 1 amide bonds. The van der Waals surface area contributed by atoms with Gasteiger partial charge >= 0.3 is 5.97 Å². The third kappa shape index (κ3) is 5.86. The summed E-state index contributed by atoms with van der Waals surface area (Å²) in [5.74, 6) is -0.394. The van der Waals surface area contributed by atoms with Gasteiger partial charge in [0.2, 0.25) is 0 Å². The van der Waals surface area contributed by atoms with Crippen molar-refractivity contribution in [2.75, 3.05) is 6.61 Å². The largest absolute Gasteiger partial charge is 0.466 e. The molecule has 0 aliphatic heterocycles. The number of rotatable bonds is 6. The molecule has 1 atom stereocenters. The Morgan fingerprint density at radius 3 is 2.63 bits per heavy atom. The standard InChI is InChI=1S/C15H19NO3/c1-3-19-14(17)11-7-8-12(2)16-15(18)13-9-5-4-6-10-13/h4-10,12H,3,11H2,1-2H3,(H,16,18)/b8-7+/t12-/m1/s1. The molecule has 0 heterocycles. The van der Waals surface area contributed by atoms with Crippen LogP contribution in [-0.2, 0) is 9.53 Å². The number of ether oxygens (including phenoxy) is 1. The molecule has 0 fully saturated rings. The van der Waals surface area contributed by atoms with Crippen LogP contribution in [0.5, 0.6) is 0 Å². The van der Waals surface area contributed by atoms with Crippen LogP contribution in [0.25, 0.3) is 0 Å². The summed E-state index contributed by atoms with van der Waals surface area (Å²) in [5.41, 5.74) is 0.619. The van der Waals surface area contributed by atoms with E-state index < -0.39 is 0 Å². The molecule has 102 valence electrons. The average Bonchev–Trinajstić information content (AvgIpc) is 2.40. The van der Waals surface area contributed by atoms with Gasteiger partial charge in [-0.05, 0) is 26.0 Å². The second-order valence-electron chi connectivity index (χ2n) is 4.07. The lowest BCUT2D eigenvalue weighted by Gasteiger charge is -2.09. The first kappa shape index (κ1) is 15.0. The lowest BCUT2D eigenvalue weighted by molar-refractivity contribution is -0.142. The molecule has 0 aliphatic carbocycles. The zero-order valence-corrected chi connectivity index (χ0v) is 11.3. The van der Waals surface area contributed by atoms with Crippen molar-refractivity contribution in [3.63, 3.8) is 0 Å². The first-order chi connectivity index (χ1) is 9.13. The van der Waals surface area contributed by atoms with E-state index in [2.05, 4.69) is 5.32 Å². The third-order valence-electron chi connectivity index (χ3n) is 2.41. The maximum atomic E-state index is 11.8. The van der Waals surface area contributed by atoms with E-state index in [0.717, 1.165) is 0 Å². The first-order valence-electron chi connectivity index (χ1n) is 6.31. The lowest BCUT2D eigenvalue weighted by Crippen LogP contribution is -2.31. The summed E-state index contributed by atoms with van der Waals surface area (Å²) in [6.45, 7) is 4.00. The summed E-state index contributed by atoms with van der Waals surface area (Å²) in [5, 5.41) is 2.82. The van der Waals surface area contributed by atoms with Gasteiger partial charge in [-0.3, -0.25) is 9.59 Å². The summed E-state index contributed by atoms with van der Waals surface area (Å²) < 4.78 is 4.80. The van der Waals surface area contributed by atoms with Crippen molar-refractivity contribution >= 4 is 11.9 Å². The Morgan fingerprint density at radius 2 is 2.00 bits per heavy atom. The fourth-order valence-corrected chi connectivity index (χ4v) is 1.52. The minimum absolute atomic E-state index is 0.131. The highest BCUT2D eigenvalue weighted by Crippen LogP contribution is 1.99. The minimum atomic E-state index is -0.264. The molecule has 0 bridgehead atoms. The Kier molecular flexibility index (Phi) is 6.36. The molecule has 0 aliphatic rings. The third-order valence-corrected chi connectivity index (χ3v) is 2.41. The molecule has 0 saturated carbocycles. The van der Waals surface area contributed by atoms with Crippen molar-refractivity contribution in [3.05, 3.63) is 48.0 Å². The minimum Gasteiger partial charge on any atom is -0.466 e. The van der Waals surface area contributed by atoms with Gasteiger partial charge in [-0.2, -0.15) is 0 Å². The fourth-order valence-electron chi connectivity index (χ4n) is 1.52. The van der Waals surface area contributed by atoms with Gasteiger partial charge in [0.05, 0.1) is 13.0 Å². The van der Waals surface area contributed by atoms with E-state index in [9.17, 15) is 9.59 Å². The number of hydrogen-bond donors (Lipinski definition) is 1. The molecule has 0 unspecified atom stereocenters. The van der Waals surface area contributed by atoms with Crippen LogP contribution in [0.3, 0.4) is 0 Å². The normalized spacial score (nSPS) is 12.1. The van der Waals surface area contributed by atoms with Gasteiger partial charge in [-0.1, -0.05) is 30.4 Å². The maximum Gasteiger partial charge on any atom is 0.309 e. The monoisotopic (exact) mass is 261 g/mol. The van der Waals surface area contributed by atoms with E-state index >= 15 is 0 Å². The quantitative estimate of drug-likeness (QED) is 0.631. The Labute approximate surface area is 113 Å². The second-order valence-corrected chi connectivity index (χ2v) is 4.07. The number of hydrogen-bond acceptors (Lipinski definition) is 3. The van der Waals surface area contributed by atoms with E-state index in [-0.39, 0.29) is 24.3 Å². The van der Waals surface area contributed by atoms with Crippen molar-refractivity contribution < 1.29 is 14.3 Å². The molecule has 0 saturated heterocycles. The molecule has 4 heteroatoms. The van der Waals surface area contributed by atoms with Crippen LogP contribution in [0.15, 0.2) is 42.5 Å². The van der Waals surface area contributed by atoms with Gasteiger partial charge < -0.3 is 10.1 Å². The van der Waals surface area contributed by atoms with Crippen molar-refractivity contribution in [2.24, 2.45) is 0 Å². The lowest BCUT2D eigenvalue weighted by atomic mass is 10.2. The van der Waals surface area contributed by atoms with Gasteiger partial charge in [-0.25, -0.2) is 0 Å². The van der Waals surface area contributed by atoms with Crippen molar-refractivity contribution in [3.8, 4) is 0 Å². The van der Waals surface area contributed by atoms with E-state index in [1.54, 1.807) is 31.2 Å². The highest BCUT2D eigenvalue weighted by Gasteiger charge is 2.06. The van der Waals surface area contributed by atoms with E-state index in [0.29, 0.717) is 12.2 Å². The van der Waals surface area contributed by atoms with Crippen LogP contribution in [-0.4, -0.2) is 24.5 Å².